The molecule has 1 amide bonds. The number of halogens is 1. The number of fused-ring (bicyclic) bond motifs is 1. The smallest absolute Gasteiger partial charge is 0.241 e. The molecule has 0 fully saturated rings. The van der Waals surface area contributed by atoms with E-state index in [9.17, 15) is 9.18 Å². The van der Waals surface area contributed by atoms with Crippen molar-refractivity contribution in [2.75, 3.05) is 31.7 Å². The highest BCUT2D eigenvalue weighted by Gasteiger charge is 2.21. The van der Waals surface area contributed by atoms with Crippen molar-refractivity contribution < 1.29 is 18.7 Å². The van der Waals surface area contributed by atoms with Crippen LogP contribution < -0.4 is 14.4 Å². The van der Waals surface area contributed by atoms with E-state index in [2.05, 4.69) is 0 Å². The maximum Gasteiger partial charge on any atom is 0.241 e. The molecular formula is C23H23FN2O3S. The van der Waals surface area contributed by atoms with E-state index in [1.54, 1.807) is 28.4 Å². The molecular weight excluding hydrogens is 403 g/mol. The molecule has 7 heteroatoms. The van der Waals surface area contributed by atoms with Crippen molar-refractivity contribution in [1.29, 1.82) is 0 Å². The average Bonchev–Trinajstić information content (AvgIpc) is 3.26. The fourth-order valence-corrected chi connectivity index (χ4v) is 4.05. The van der Waals surface area contributed by atoms with E-state index in [4.69, 9.17) is 9.47 Å². The zero-order chi connectivity index (χ0) is 20.9. The lowest BCUT2D eigenvalue weighted by molar-refractivity contribution is -0.119. The Morgan fingerprint density at radius 2 is 1.80 bits per heavy atom. The fourth-order valence-electron chi connectivity index (χ4n) is 3.36. The summed E-state index contributed by atoms with van der Waals surface area (Å²) < 4.78 is 24.4. The second kappa shape index (κ2) is 9.28. The zero-order valence-electron chi connectivity index (χ0n) is 16.7. The molecule has 2 heterocycles. The number of thiophene rings is 1. The second-order valence-electron chi connectivity index (χ2n) is 7.19. The first-order valence-corrected chi connectivity index (χ1v) is 10.6. The van der Waals surface area contributed by atoms with Gasteiger partial charge in [-0.2, -0.15) is 0 Å². The highest BCUT2D eigenvalue weighted by atomic mass is 32.1. The van der Waals surface area contributed by atoms with Crippen molar-refractivity contribution in [2.45, 2.75) is 13.1 Å². The minimum absolute atomic E-state index is 0.0234. The molecule has 30 heavy (non-hydrogen) atoms. The number of benzene rings is 2. The van der Waals surface area contributed by atoms with Crippen LogP contribution in [0.1, 0.15) is 10.4 Å². The van der Waals surface area contributed by atoms with E-state index in [-0.39, 0.29) is 18.3 Å². The molecule has 0 unspecified atom stereocenters. The minimum Gasteiger partial charge on any atom is -0.486 e. The zero-order valence-corrected chi connectivity index (χ0v) is 17.5. The quantitative estimate of drug-likeness (QED) is 0.564. The standard InChI is InChI=1S/C23H23FN2O3S/c1-25(14-17-4-6-18(24)7-5-17)16-23(27)26(15-20-3-2-12-30-20)19-8-9-21-22(13-19)29-11-10-28-21/h2-9,12-13H,10-11,14-16H2,1H3. The molecule has 156 valence electrons. The highest BCUT2D eigenvalue weighted by molar-refractivity contribution is 7.09. The van der Waals surface area contributed by atoms with Gasteiger partial charge in [-0.3, -0.25) is 9.69 Å². The van der Waals surface area contributed by atoms with Gasteiger partial charge in [0.25, 0.3) is 0 Å². The maximum absolute atomic E-state index is 13.2. The van der Waals surface area contributed by atoms with Crippen LogP contribution in [0.3, 0.4) is 0 Å². The minimum atomic E-state index is -0.266. The third kappa shape index (κ3) is 4.98. The van der Waals surface area contributed by atoms with Crippen molar-refractivity contribution in [1.82, 2.24) is 4.90 Å². The first-order chi connectivity index (χ1) is 14.6. The molecule has 1 aromatic heterocycles. The van der Waals surface area contributed by atoms with Crippen LogP contribution in [0.2, 0.25) is 0 Å². The largest absolute Gasteiger partial charge is 0.486 e. The molecule has 0 radical (unpaired) electrons. The number of rotatable bonds is 7. The first-order valence-electron chi connectivity index (χ1n) is 9.74. The fraction of sp³-hybridized carbons (Fsp3) is 0.261. The Morgan fingerprint density at radius 1 is 1.03 bits per heavy atom. The highest BCUT2D eigenvalue weighted by Crippen LogP contribution is 2.34. The van der Waals surface area contributed by atoms with E-state index in [0.29, 0.717) is 37.8 Å². The maximum atomic E-state index is 13.2. The van der Waals surface area contributed by atoms with Gasteiger partial charge in [-0.05, 0) is 48.3 Å². The summed E-state index contributed by atoms with van der Waals surface area (Å²) in [4.78, 5) is 18.0. The van der Waals surface area contributed by atoms with Crippen molar-refractivity contribution in [3.63, 3.8) is 0 Å². The third-order valence-corrected chi connectivity index (χ3v) is 5.66. The average molecular weight is 427 g/mol. The van der Waals surface area contributed by atoms with Gasteiger partial charge < -0.3 is 14.4 Å². The van der Waals surface area contributed by atoms with Crippen LogP contribution >= 0.6 is 11.3 Å². The summed E-state index contributed by atoms with van der Waals surface area (Å²) in [6.07, 6.45) is 0. The Balaban J connectivity index is 1.51. The lowest BCUT2D eigenvalue weighted by atomic mass is 10.2. The first kappa shape index (κ1) is 20.4. The summed E-state index contributed by atoms with van der Waals surface area (Å²) in [5, 5.41) is 2.00. The molecule has 0 bridgehead atoms. The number of anilines is 1. The molecule has 2 aromatic carbocycles. The molecule has 0 atom stereocenters. The topological polar surface area (TPSA) is 42.0 Å². The van der Waals surface area contributed by atoms with Gasteiger partial charge in [0, 0.05) is 23.2 Å². The SMILES string of the molecule is CN(CC(=O)N(Cc1cccs1)c1ccc2c(c1)OCCO2)Cc1ccc(F)cc1. The van der Waals surface area contributed by atoms with E-state index in [1.165, 1.54) is 12.1 Å². The van der Waals surface area contributed by atoms with E-state index < -0.39 is 0 Å². The molecule has 0 saturated carbocycles. The summed E-state index contributed by atoms with van der Waals surface area (Å²) >= 11 is 1.62. The molecule has 0 N–H and O–H groups in total. The van der Waals surface area contributed by atoms with Crippen LogP contribution in [-0.2, 0) is 17.9 Å². The number of likely N-dealkylation sites (N-methyl/N-ethyl adjacent to an activating group) is 1. The van der Waals surface area contributed by atoms with Crippen molar-refractivity contribution in [3.8, 4) is 11.5 Å². The molecule has 5 nitrogen and oxygen atoms in total. The lowest BCUT2D eigenvalue weighted by Crippen LogP contribution is -2.38. The van der Waals surface area contributed by atoms with Crippen molar-refractivity contribution in [2.24, 2.45) is 0 Å². The molecule has 0 saturated heterocycles. The summed E-state index contributed by atoms with van der Waals surface area (Å²) in [6, 6.07) is 15.9. The Labute approximate surface area is 179 Å². The van der Waals surface area contributed by atoms with Gasteiger partial charge in [0.2, 0.25) is 5.91 Å². The number of hydrogen-bond donors (Lipinski definition) is 0. The Bertz CT molecular complexity index is 992. The number of carbonyl (C=O) groups is 1. The van der Waals surface area contributed by atoms with Crippen LogP contribution in [0.4, 0.5) is 10.1 Å². The number of carbonyl (C=O) groups excluding carboxylic acids is 1. The Morgan fingerprint density at radius 3 is 2.53 bits per heavy atom. The number of nitrogens with zero attached hydrogens (tertiary/aromatic N) is 2. The van der Waals surface area contributed by atoms with E-state index >= 15 is 0 Å². The summed E-state index contributed by atoms with van der Waals surface area (Å²) in [6.45, 7) is 2.30. The van der Waals surface area contributed by atoms with Gasteiger partial charge in [0.05, 0.1) is 13.1 Å². The van der Waals surface area contributed by atoms with Crippen molar-refractivity contribution >= 4 is 22.9 Å². The second-order valence-corrected chi connectivity index (χ2v) is 8.22. The van der Waals surface area contributed by atoms with Crippen LogP contribution in [0.25, 0.3) is 0 Å². The van der Waals surface area contributed by atoms with Crippen LogP contribution in [0, 0.1) is 5.82 Å². The Kier molecular flexibility index (Phi) is 6.30. The van der Waals surface area contributed by atoms with Gasteiger partial charge in [-0.15, -0.1) is 11.3 Å². The van der Waals surface area contributed by atoms with Gasteiger partial charge in [0.1, 0.15) is 19.0 Å². The van der Waals surface area contributed by atoms with Crippen LogP contribution in [-0.4, -0.2) is 37.6 Å². The molecule has 1 aliphatic rings. The number of amides is 1. The normalized spacial score (nSPS) is 12.8. The number of ether oxygens (including phenoxy) is 2. The monoisotopic (exact) mass is 426 g/mol. The summed E-state index contributed by atoms with van der Waals surface area (Å²) in [7, 11) is 1.88. The predicted molar refractivity (Wildman–Crippen MR) is 116 cm³/mol. The molecule has 1 aliphatic heterocycles. The Hall–Kier alpha value is -2.90. The molecule has 3 aromatic rings. The molecule has 0 spiro atoms. The summed E-state index contributed by atoms with van der Waals surface area (Å²) in [5.74, 6) is 1.06. The van der Waals surface area contributed by atoms with Gasteiger partial charge >= 0.3 is 0 Å². The van der Waals surface area contributed by atoms with Crippen molar-refractivity contribution in [3.05, 3.63) is 76.2 Å². The van der Waals surface area contributed by atoms with Gasteiger partial charge in [-0.25, -0.2) is 4.39 Å². The number of hydrogen-bond acceptors (Lipinski definition) is 5. The van der Waals surface area contributed by atoms with Crippen LogP contribution in [0.15, 0.2) is 60.0 Å². The van der Waals surface area contributed by atoms with E-state index in [1.807, 2.05) is 47.7 Å². The van der Waals surface area contributed by atoms with Gasteiger partial charge in [0.15, 0.2) is 11.5 Å². The molecule has 4 rings (SSSR count). The lowest BCUT2D eigenvalue weighted by Gasteiger charge is -2.27. The van der Waals surface area contributed by atoms with Gasteiger partial charge in [-0.1, -0.05) is 18.2 Å². The predicted octanol–water partition coefficient (Wildman–Crippen LogP) is 4.32. The third-order valence-electron chi connectivity index (χ3n) is 4.80. The van der Waals surface area contributed by atoms with E-state index in [0.717, 1.165) is 16.1 Å². The van der Waals surface area contributed by atoms with Crippen LogP contribution in [0.5, 0.6) is 11.5 Å². The summed E-state index contributed by atoms with van der Waals surface area (Å²) in [5.41, 5.74) is 1.73. The molecule has 0 aliphatic carbocycles.